The number of ether oxygens (including phenoxy) is 4. The number of allylic oxidation sites excluding steroid dienone is 1. The summed E-state index contributed by atoms with van der Waals surface area (Å²) in [5.74, 6) is 0.639. The molecule has 2 N–H and O–H groups in total. The molecule has 7 nitrogen and oxygen atoms in total. The molecule has 1 aliphatic heterocycles. The highest BCUT2D eigenvalue weighted by atomic mass is 16.7. The largest absolute Gasteiger partial charge is 0.459 e. The third-order valence-corrected chi connectivity index (χ3v) is 5.25. The van der Waals surface area contributed by atoms with E-state index in [4.69, 9.17) is 24.1 Å². The Morgan fingerprint density at radius 2 is 1.84 bits per heavy atom. The first kappa shape index (κ1) is 25.3. The number of amides is 1. The average molecular weight is 436 g/mol. The monoisotopic (exact) mass is 435 g/mol. The molecular formula is C24H37NO6. The normalized spacial score (nSPS) is 20.9. The molecule has 1 amide bonds. The lowest BCUT2D eigenvalue weighted by Crippen LogP contribution is -2.41. The first-order chi connectivity index (χ1) is 15.1. The summed E-state index contributed by atoms with van der Waals surface area (Å²) in [6.07, 6.45) is 2.20. The topological polar surface area (TPSA) is 86.3 Å². The predicted octanol–water partition coefficient (Wildman–Crippen LogP) is 2.88. The van der Waals surface area contributed by atoms with Crippen LogP contribution in [0.4, 0.5) is 0 Å². The van der Waals surface area contributed by atoms with Crippen LogP contribution in [-0.4, -0.2) is 56.9 Å². The number of carbonyl (C=O) groups is 1. The van der Waals surface area contributed by atoms with Crippen LogP contribution in [0.3, 0.4) is 0 Å². The van der Waals surface area contributed by atoms with Crippen LogP contribution in [0.1, 0.15) is 32.8 Å². The van der Waals surface area contributed by atoms with E-state index in [0.29, 0.717) is 51.3 Å². The molecule has 0 saturated carbocycles. The summed E-state index contributed by atoms with van der Waals surface area (Å²) in [5, 5.41) is 11.7. The highest BCUT2D eigenvalue weighted by Crippen LogP contribution is 2.36. The van der Waals surface area contributed by atoms with Crippen molar-refractivity contribution in [1.29, 1.82) is 0 Å². The molecule has 2 rings (SSSR count). The molecule has 1 aromatic rings. The molecule has 0 bridgehead atoms. The van der Waals surface area contributed by atoms with Gasteiger partial charge in [-0.2, -0.15) is 0 Å². The lowest BCUT2D eigenvalue weighted by atomic mass is 9.79. The molecule has 174 valence electrons. The molecule has 0 aromatic heterocycles. The van der Waals surface area contributed by atoms with E-state index >= 15 is 0 Å². The van der Waals surface area contributed by atoms with Crippen molar-refractivity contribution in [2.45, 2.75) is 40.0 Å². The Morgan fingerprint density at radius 1 is 1.13 bits per heavy atom. The van der Waals surface area contributed by atoms with E-state index in [-0.39, 0.29) is 24.3 Å². The molecule has 3 atom stereocenters. The average Bonchev–Trinajstić information content (AvgIpc) is 2.78. The molecular weight excluding hydrogens is 398 g/mol. The van der Waals surface area contributed by atoms with Crippen molar-refractivity contribution >= 4 is 5.91 Å². The number of aliphatic hydroxyl groups is 1. The van der Waals surface area contributed by atoms with Gasteiger partial charge in [0.25, 0.3) is 5.91 Å². The highest BCUT2D eigenvalue weighted by Gasteiger charge is 2.38. The molecule has 0 radical (unpaired) electrons. The van der Waals surface area contributed by atoms with Gasteiger partial charge in [0, 0.05) is 25.7 Å². The van der Waals surface area contributed by atoms with E-state index < -0.39 is 6.29 Å². The Bertz CT molecular complexity index is 663. The number of carbonyl (C=O) groups excluding carboxylic acids is 1. The zero-order valence-electron chi connectivity index (χ0n) is 18.9. The van der Waals surface area contributed by atoms with Crippen molar-refractivity contribution in [3.63, 3.8) is 0 Å². The van der Waals surface area contributed by atoms with E-state index in [1.54, 1.807) is 0 Å². The number of nitrogens with one attached hydrogen (secondary N) is 1. The Kier molecular flexibility index (Phi) is 11.6. The summed E-state index contributed by atoms with van der Waals surface area (Å²) < 4.78 is 22.8. The van der Waals surface area contributed by atoms with Crippen molar-refractivity contribution < 1.29 is 28.8 Å². The maximum Gasteiger partial charge on any atom is 0.286 e. The van der Waals surface area contributed by atoms with Gasteiger partial charge in [-0.25, -0.2) is 0 Å². The van der Waals surface area contributed by atoms with Gasteiger partial charge in [-0.3, -0.25) is 4.79 Å². The second-order valence-electron chi connectivity index (χ2n) is 7.86. The minimum absolute atomic E-state index is 0.0130. The first-order valence-corrected chi connectivity index (χ1v) is 11.1. The van der Waals surface area contributed by atoms with Crippen LogP contribution >= 0.6 is 0 Å². The summed E-state index contributed by atoms with van der Waals surface area (Å²) in [5.41, 5.74) is 1.03. The SMILES string of the molecule is CCO[C@H]1OC(C(=O)NCc2ccccc2)=C[C@@H](C(C)C)[C@@H]1CCOCCOCCO. The van der Waals surface area contributed by atoms with E-state index in [2.05, 4.69) is 19.2 Å². The quantitative estimate of drug-likeness (QED) is 0.437. The Balaban J connectivity index is 1.97. The van der Waals surface area contributed by atoms with E-state index in [1.165, 1.54) is 0 Å². The summed E-state index contributed by atoms with van der Waals surface area (Å²) in [4.78, 5) is 12.8. The fraction of sp³-hybridized carbons (Fsp3) is 0.625. The van der Waals surface area contributed by atoms with Gasteiger partial charge < -0.3 is 29.4 Å². The van der Waals surface area contributed by atoms with Crippen LogP contribution in [0.15, 0.2) is 42.2 Å². The fourth-order valence-corrected chi connectivity index (χ4v) is 3.67. The van der Waals surface area contributed by atoms with Crippen molar-refractivity contribution in [3.8, 4) is 0 Å². The van der Waals surface area contributed by atoms with Gasteiger partial charge in [0.2, 0.25) is 6.29 Å². The van der Waals surface area contributed by atoms with Crippen LogP contribution in [0.25, 0.3) is 0 Å². The zero-order valence-corrected chi connectivity index (χ0v) is 18.9. The van der Waals surface area contributed by atoms with Crippen molar-refractivity contribution in [1.82, 2.24) is 5.32 Å². The summed E-state index contributed by atoms with van der Waals surface area (Å²) >= 11 is 0. The van der Waals surface area contributed by atoms with Gasteiger partial charge in [-0.05, 0) is 36.8 Å². The summed E-state index contributed by atoms with van der Waals surface area (Å²) in [6, 6.07) is 9.79. The maximum absolute atomic E-state index is 12.8. The second-order valence-corrected chi connectivity index (χ2v) is 7.86. The van der Waals surface area contributed by atoms with Crippen molar-refractivity contribution in [3.05, 3.63) is 47.7 Å². The Hall–Kier alpha value is -1.93. The van der Waals surface area contributed by atoms with Crippen LogP contribution in [0.2, 0.25) is 0 Å². The Labute approximate surface area is 185 Å². The third kappa shape index (κ3) is 8.61. The molecule has 0 fully saturated rings. The molecule has 1 aliphatic rings. The number of hydrogen-bond acceptors (Lipinski definition) is 6. The molecule has 1 aromatic carbocycles. The van der Waals surface area contributed by atoms with Gasteiger partial charge in [-0.15, -0.1) is 0 Å². The minimum Gasteiger partial charge on any atom is -0.459 e. The summed E-state index contributed by atoms with van der Waals surface area (Å²) in [7, 11) is 0. The molecule has 0 aliphatic carbocycles. The van der Waals surface area contributed by atoms with Crippen molar-refractivity contribution in [2.24, 2.45) is 17.8 Å². The van der Waals surface area contributed by atoms with Crippen molar-refractivity contribution in [2.75, 3.05) is 39.6 Å². The maximum atomic E-state index is 12.8. The Morgan fingerprint density at radius 3 is 2.48 bits per heavy atom. The lowest BCUT2D eigenvalue weighted by Gasteiger charge is -2.38. The first-order valence-electron chi connectivity index (χ1n) is 11.1. The van der Waals surface area contributed by atoms with Gasteiger partial charge in [0.05, 0.1) is 26.4 Å². The lowest BCUT2D eigenvalue weighted by molar-refractivity contribution is -0.177. The second kappa shape index (κ2) is 14.2. The molecule has 0 spiro atoms. The van der Waals surface area contributed by atoms with Gasteiger partial charge in [0.15, 0.2) is 5.76 Å². The predicted molar refractivity (Wildman–Crippen MR) is 118 cm³/mol. The van der Waals surface area contributed by atoms with Gasteiger partial charge >= 0.3 is 0 Å². The minimum atomic E-state index is -0.492. The number of aliphatic hydroxyl groups excluding tert-OH is 1. The molecule has 0 unspecified atom stereocenters. The smallest absolute Gasteiger partial charge is 0.286 e. The molecule has 7 heteroatoms. The standard InChI is InChI=1S/C24H37NO6/c1-4-30-24-20(10-12-28-14-15-29-13-11-26)21(18(2)3)16-22(31-24)23(27)25-17-19-8-6-5-7-9-19/h5-9,16,18,20-21,24,26H,4,10-15,17H2,1-3H3,(H,25,27)/t20-,21-,24-/m0/s1. The van der Waals surface area contributed by atoms with Crippen LogP contribution in [0.5, 0.6) is 0 Å². The zero-order chi connectivity index (χ0) is 22.5. The molecule has 0 saturated heterocycles. The molecule has 31 heavy (non-hydrogen) atoms. The van der Waals surface area contributed by atoms with E-state index in [1.807, 2.05) is 43.3 Å². The number of hydrogen-bond donors (Lipinski definition) is 2. The molecule has 1 heterocycles. The van der Waals surface area contributed by atoms with Crippen LogP contribution < -0.4 is 5.32 Å². The van der Waals surface area contributed by atoms with E-state index in [0.717, 1.165) is 12.0 Å². The number of benzene rings is 1. The van der Waals surface area contributed by atoms with Crippen LogP contribution in [0, 0.1) is 17.8 Å². The summed E-state index contributed by atoms with van der Waals surface area (Å²) in [6.45, 7) is 8.97. The number of rotatable bonds is 14. The highest BCUT2D eigenvalue weighted by molar-refractivity contribution is 5.91. The van der Waals surface area contributed by atoms with Gasteiger partial charge in [0.1, 0.15) is 0 Å². The fourth-order valence-electron chi connectivity index (χ4n) is 3.67. The van der Waals surface area contributed by atoms with E-state index in [9.17, 15) is 4.79 Å². The van der Waals surface area contributed by atoms with Gasteiger partial charge in [-0.1, -0.05) is 44.2 Å². The van der Waals surface area contributed by atoms with Crippen LogP contribution in [-0.2, 0) is 30.3 Å². The third-order valence-electron chi connectivity index (χ3n) is 5.25.